The van der Waals surface area contributed by atoms with Gasteiger partial charge in [0.05, 0.1) is 6.42 Å². The number of benzene rings is 1. The largest absolute Gasteiger partial charge is 0.481 e. The van der Waals surface area contributed by atoms with Crippen molar-refractivity contribution in [2.45, 2.75) is 39.3 Å². The fourth-order valence-corrected chi connectivity index (χ4v) is 1.80. The number of hydrogen-bond donors (Lipinski definition) is 1. The Morgan fingerprint density at radius 2 is 2.06 bits per heavy atom. The molecular weight excluding hydrogens is 214 g/mol. The number of carbonyl (C=O) groups is 1. The molecule has 0 aliphatic heterocycles. The van der Waals surface area contributed by atoms with Crippen molar-refractivity contribution >= 4 is 5.97 Å². The molecule has 0 atom stereocenters. The summed E-state index contributed by atoms with van der Waals surface area (Å²) in [4.78, 5) is 12.9. The van der Waals surface area contributed by atoms with Crippen molar-refractivity contribution in [1.29, 1.82) is 0 Å². The first kappa shape index (κ1) is 13.7. The molecule has 1 rings (SSSR count). The van der Waals surface area contributed by atoms with Gasteiger partial charge in [-0.2, -0.15) is 0 Å². The van der Waals surface area contributed by atoms with Gasteiger partial charge in [0.15, 0.2) is 0 Å². The summed E-state index contributed by atoms with van der Waals surface area (Å²) >= 11 is 0. The summed E-state index contributed by atoms with van der Waals surface area (Å²) in [6.45, 7) is 6.74. The average molecular weight is 235 g/mol. The highest BCUT2D eigenvalue weighted by Crippen LogP contribution is 2.20. The lowest BCUT2D eigenvalue weighted by molar-refractivity contribution is -0.139. The summed E-state index contributed by atoms with van der Waals surface area (Å²) in [6.07, 6.45) is 0.148. The smallest absolute Gasteiger partial charge is 0.305 e. The number of carboxylic acid groups (broad SMARTS) is 1. The number of aliphatic carboxylic acids is 1. The highest BCUT2D eigenvalue weighted by molar-refractivity contribution is 5.68. The van der Waals surface area contributed by atoms with E-state index in [0.29, 0.717) is 0 Å². The van der Waals surface area contributed by atoms with Crippen LogP contribution in [0.3, 0.4) is 0 Å². The van der Waals surface area contributed by atoms with Gasteiger partial charge in [-0.25, -0.2) is 0 Å². The molecule has 0 fully saturated rings. The van der Waals surface area contributed by atoms with Gasteiger partial charge in [-0.3, -0.25) is 9.69 Å². The Hall–Kier alpha value is -1.35. The van der Waals surface area contributed by atoms with E-state index in [0.717, 1.165) is 6.54 Å². The molecule has 94 valence electrons. The lowest BCUT2D eigenvalue weighted by Gasteiger charge is -2.34. The molecule has 0 saturated carbocycles. The molecule has 0 aliphatic carbocycles. The maximum Gasteiger partial charge on any atom is 0.305 e. The van der Waals surface area contributed by atoms with E-state index in [4.69, 9.17) is 5.11 Å². The minimum Gasteiger partial charge on any atom is -0.481 e. The molecule has 1 aromatic carbocycles. The van der Waals surface area contributed by atoms with Gasteiger partial charge in [0, 0.05) is 12.1 Å². The second-order valence-electron chi connectivity index (χ2n) is 5.23. The van der Waals surface area contributed by atoms with Gasteiger partial charge in [0.1, 0.15) is 0 Å². The van der Waals surface area contributed by atoms with Crippen molar-refractivity contribution in [3.05, 3.63) is 35.4 Å². The molecule has 0 bridgehead atoms. The zero-order chi connectivity index (χ0) is 13.1. The number of carboxylic acids is 1. The molecule has 0 heterocycles. The second kappa shape index (κ2) is 5.32. The van der Waals surface area contributed by atoms with Crippen LogP contribution in [0, 0.1) is 6.92 Å². The zero-order valence-corrected chi connectivity index (χ0v) is 11.0. The summed E-state index contributed by atoms with van der Waals surface area (Å²) in [6, 6.07) is 8.29. The van der Waals surface area contributed by atoms with E-state index in [1.54, 1.807) is 0 Å². The Balaban J connectivity index is 2.71. The fourth-order valence-electron chi connectivity index (χ4n) is 1.80. The Morgan fingerprint density at radius 3 is 2.59 bits per heavy atom. The minimum atomic E-state index is -0.758. The van der Waals surface area contributed by atoms with Gasteiger partial charge >= 0.3 is 5.97 Å². The van der Waals surface area contributed by atoms with Crippen LogP contribution in [0.4, 0.5) is 0 Å². The van der Waals surface area contributed by atoms with Crippen LogP contribution in [0.15, 0.2) is 24.3 Å². The van der Waals surface area contributed by atoms with Crippen LogP contribution in [-0.2, 0) is 11.3 Å². The van der Waals surface area contributed by atoms with Crippen molar-refractivity contribution in [2.24, 2.45) is 0 Å². The van der Waals surface area contributed by atoms with Crippen LogP contribution in [0.2, 0.25) is 0 Å². The standard InChI is InChI=1S/C14H21NO2/c1-11-6-5-7-12(8-11)10-15(4)14(2,3)9-13(16)17/h5-8H,9-10H2,1-4H3,(H,16,17). The molecule has 0 saturated heterocycles. The Kier molecular flexibility index (Phi) is 4.29. The normalized spacial score (nSPS) is 11.8. The first-order valence-corrected chi connectivity index (χ1v) is 5.80. The Morgan fingerprint density at radius 1 is 1.41 bits per heavy atom. The van der Waals surface area contributed by atoms with Gasteiger partial charge in [-0.05, 0) is 33.4 Å². The van der Waals surface area contributed by atoms with Gasteiger partial charge in [0.25, 0.3) is 0 Å². The maximum atomic E-state index is 10.8. The third-order valence-corrected chi connectivity index (χ3v) is 3.12. The molecule has 17 heavy (non-hydrogen) atoms. The van der Waals surface area contributed by atoms with Crippen LogP contribution < -0.4 is 0 Å². The summed E-state index contributed by atoms with van der Waals surface area (Å²) < 4.78 is 0. The quantitative estimate of drug-likeness (QED) is 0.853. The van der Waals surface area contributed by atoms with E-state index in [1.807, 2.05) is 27.0 Å². The zero-order valence-electron chi connectivity index (χ0n) is 11.0. The van der Waals surface area contributed by atoms with Crippen molar-refractivity contribution < 1.29 is 9.90 Å². The van der Waals surface area contributed by atoms with Crippen LogP contribution in [0.25, 0.3) is 0 Å². The highest BCUT2D eigenvalue weighted by atomic mass is 16.4. The summed E-state index contributed by atoms with van der Waals surface area (Å²) in [5.74, 6) is -0.758. The molecule has 0 aromatic heterocycles. The number of aryl methyl sites for hydroxylation is 1. The average Bonchev–Trinajstić information content (AvgIpc) is 2.15. The predicted molar refractivity (Wildman–Crippen MR) is 69.0 cm³/mol. The van der Waals surface area contributed by atoms with Gasteiger partial charge in [0.2, 0.25) is 0 Å². The molecule has 0 unspecified atom stereocenters. The third-order valence-electron chi connectivity index (χ3n) is 3.12. The van der Waals surface area contributed by atoms with Crippen molar-refractivity contribution in [2.75, 3.05) is 7.05 Å². The molecule has 3 heteroatoms. The molecule has 0 spiro atoms. The monoisotopic (exact) mass is 235 g/mol. The van der Waals surface area contributed by atoms with E-state index in [9.17, 15) is 4.79 Å². The van der Waals surface area contributed by atoms with Gasteiger partial charge < -0.3 is 5.11 Å². The molecule has 0 radical (unpaired) electrons. The molecular formula is C14H21NO2. The molecule has 0 amide bonds. The van der Waals surface area contributed by atoms with Crippen LogP contribution >= 0.6 is 0 Å². The van der Waals surface area contributed by atoms with Crippen molar-refractivity contribution in [3.63, 3.8) is 0 Å². The highest BCUT2D eigenvalue weighted by Gasteiger charge is 2.26. The SMILES string of the molecule is Cc1cccc(CN(C)C(C)(C)CC(=O)O)c1. The lowest BCUT2D eigenvalue weighted by atomic mass is 9.98. The molecule has 1 aromatic rings. The van der Waals surface area contributed by atoms with Crippen LogP contribution in [-0.4, -0.2) is 28.6 Å². The Labute approximate surface area is 103 Å². The molecule has 1 N–H and O–H groups in total. The van der Waals surface area contributed by atoms with Crippen molar-refractivity contribution in [1.82, 2.24) is 4.90 Å². The van der Waals surface area contributed by atoms with Gasteiger partial charge in [-0.1, -0.05) is 29.8 Å². The maximum absolute atomic E-state index is 10.8. The fraction of sp³-hybridized carbons (Fsp3) is 0.500. The molecule has 0 aliphatic rings. The number of rotatable bonds is 5. The van der Waals surface area contributed by atoms with E-state index in [1.165, 1.54) is 11.1 Å². The second-order valence-corrected chi connectivity index (χ2v) is 5.23. The minimum absolute atomic E-state index is 0.148. The van der Waals surface area contributed by atoms with Crippen molar-refractivity contribution in [3.8, 4) is 0 Å². The van der Waals surface area contributed by atoms with E-state index in [2.05, 4.69) is 30.0 Å². The van der Waals surface area contributed by atoms with E-state index < -0.39 is 5.97 Å². The number of nitrogens with zero attached hydrogens (tertiary/aromatic N) is 1. The molecule has 3 nitrogen and oxygen atoms in total. The number of hydrogen-bond acceptors (Lipinski definition) is 2. The topological polar surface area (TPSA) is 40.5 Å². The van der Waals surface area contributed by atoms with E-state index >= 15 is 0 Å². The van der Waals surface area contributed by atoms with Gasteiger partial charge in [-0.15, -0.1) is 0 Å². The first-order valence-electron chi connectivity index (χ1n) is 5.80. The van der Waals surface area contributed by atoms with Crippen LogP contribution in [0.5, 0.6) is 0 Å². The summed E-state index contributed by atoms with van der Waals surface area (Å²) in [5, 5.41) is 8.88. The first-order chi connectivity index (χ1) is 7.81. The predicted octanol–water partition coefficient (Wildman–Crippen LogP) is 2.68. The van der Waals surface area contributed by atoms with Crippen LogP contribution in [0.1, 0.15) is 31.4 Å². The summed E-state index contributed by atoms with van der Waals surface area (Å²) in [7, 11) is 1.96. The Bertz CT molecular complexity index is 399. The van der Waals surface area contributed by atoms with E-state index in [-0.39, 0.29) is 12.0 Å². The lowest BCUT2D eigenvalue weighted by Crippen LogP contribution is -2.42. The third kappa shape index (κ3) is 4.19. The summed E-state index contributed by atoms with van der Waals surface area (Å²) in [5.41, 5.74) is 2.10.